The molecule has 7 unspecified atom stereocenters. The normalized spacial score (nSPS) is 46.5. The van der Waals surface area contributed by atoms with Gasteiger partial charge in [-0.1, -0.05) is 24.9 Å². The molecule has 0 aliphatic heterocycles. The maximum Gasteiger partial charge on any atom is 0.124 e. The molecule has 0 radical (unpaired) electrons. The number of rotatable bonds is 4. The van der Waals surface area contributed by atoms with E-state index >= 15 is 0 Å². The third-order valence-electron chi connectivity index (χ3n) is 9.59. The lowest BCUT2D eigenvalue weighted by Crippen LogP contribution is -2.56. The quantitative estimate of drug-likeness (QED) is 0.661. The molecule has 0 saturated heterocycles. The number of ether oxygens (including phenoxy) is 1. The third kappa shape index (κ3) is 2.82. The van der Waals surface area contributed by atoms with E-state index in [2.05, 4.69) is 18.1 Å². The molecule has 3 heteroatoms. The highest BCUT2D eigenvalue weighted by Gasteiger charge is 2.60. The molecule has 1 aromatic rings. The first-order chi connectivity index (χ1) is 13.2. The molecule has 0 spiro atoms. The standard InChI is InChI=1S/C24H37NO2/c1-17-7-12-24(16-26-2)18(14-17)5-6-20-21-4-3-10-23(21,11-8-22(20)24)15-19-9-13-27-25-19/h9,13,17-18,20-22H,3-8,10-12,14-16H2,1-2H3. The summed E-state index contributed by atoms with van der Waals surface area (Å²) in [7, 11) is 1.95. The summed E-state index contributed by atoms with van der Waals surface area (Å²) in [5.74, 6) is 4.55. The molecule has 150 valence electrons. The molecule has 5 rings (SSSR count). The molecule has 4 saturated carbocycles. The molecule has 0 bridgehead atoms. The summed E-state index contributed by atoms with van der Waals surface area (Å²) < 4.78 is 11.1. The van der Waals surface area contributed by atoms with Crippen molar-refractivity contribution in [3.8, 4) is 0 Å². The fourth-order valence-electron chi connectivity index (χ4n) is 8.61. The van der Waals surface area contributed by atoms with Crippen molar-refractivity contribution in [1.82, 2.24) is 5.16 Å². The minimum absolute atomic E-state index is 0.479. The maximum atomic E-state index is 5.93. The average Bonchev–Trinajstić information content (AvgIpc) is 3.32. The minimum Gasteiger partial charge on any atom is -0.384 e. The van der Waals surface area contributed by atoms with Gasteiger partial charge in [-0.2, -0.15) is 0 Å². The molecule has 7 atom stereocenters. The Morgan fingerprint density at radius 1 is 1.11 bits per heavy atom. The third-order valence-corrected chi connectivity index (χ3v) is 9.59. The highest BCUT2D eigenvalue weighted by Crippen LogP contribution is 2.67. The van der Waals surface area contributed by atoms with Gasteiger partial charge in [0.2, 0.25) is 0 Å². The monoisotopic (exact) mass is 371 g/mol. The second-order valence-electron chi connectivity index (χ2n) is 10.7. The second-order valence-corrected chi connectivity index (χ2v) is 10.7. The van der Waals surface area contributed by atoms with Crippen LogP contribution in [0, 0.1) is 40.4 Å². The Morgan fingerprint density at radius 2 is 2.04 bits per heavy atom. The van der Waals surface area contributed by atoms with Crippen molar-refractivity contribution in [2.75, 3.05) is 13.7 Å². The van der Waals surface area contributed by atoms with E-state index in [4.69, 9.17) is 9.26 Å². The molecule has 1 heterocycles. The van der Waals surface area contributed by atoms with Crippen molar-refractivity contribution in [3.63, 3.8) is 0 Å². The van der Waals surface area contributed by atoms with Gasteiger partial charge < -0.3 is 9.26 Å². The number of hydrogen-bond acceptors (Lipinski definition) is 3. The van der Waals surface area contributed by atoms with Crippen LogP contribution in [-0.2, 0) is 11.2 Å². The molecule has 4 aliphatic rings. The first-order valence-corrected chi connectivity index (χ1v) is 11.5. The highest BCUT2D eigenvalue weighted by atomic mass is 16.5. The van der Waals surface area contributed by atoms with Gasteiger partial charge in [0.25, 0.3) is 0 Å². The van der Waals surface area contributed by atoms with E-state index in [0.717, 1.165) is 42.6 Å². The van der Waals surface area contributed by atoms with E-state index in [0.29, 0.717) is 10.8 Å². The van der Waals surface area contributed by atoms with Crippen LogP contribution >= 0.6 is 0 Å². The van der Waals surface area contributed by atoms with E-state index in [1.165, 1.54) is 69.9 Å². The van der Waals surface area contributed by atoms with Gasteiger partial charge in [-0.3, -0.25) is 0 Å². The van der Waals surface area contributed by atoms with Crippen LogP contribution in [0.1, 0.15) is 76.8 Å². The Bertz CT molecular complexity index is 643. The van der Waals surface area contributed by atoms with E-state index in [9.17, 15) is 0 Å². The summed E-state index contributed by atoms with van der Waals surface area (Å²) in [5.41, 5.74) is 2.17. The summed E-state index contributed by atoms with van der Waals surface area (Å²) in [5, 5.41) is 4.29. The van der Waals surface area contributed by atoms with Gasteiger partial charge in [-0.15, -0.1) is 0 Å². The van der Waals surface area contributed by atoms with Gasteiger partial charge in [-0.05, 0) is 98.2 Å². The van der Waals surface area contributed by atoms with Gasteiger partial charge in [-0.25, -0.2) is 0 Å². The van der Waals surface area contributed by atoms with Crippen molar-refractivity contribution in [3.05, 3.63) is 18.0 Å². The first-order valence-electron chi connectivity index (χ1n) is 11.5. The van der Waals surface area contributed by atoms with E-state index in [-0.39, 0.29) is 0 Å². The lowest BCUT2D eigenvalue weighted by atomic mass is 9.44. The van der Waals surface area contributed by atoms with Crippen LogP contribution in [0.4, 0.5) is 0 Å². The van der Waals surface area contributed by atoms with Crippen LogP contribution in [0.15, 0.2) is 16.9 Å². The molecule has 0 amide bonds. The zero-order chi connectivity index (χ0) is 18.5. The van der Waals surface area contributed by atoms with E-state index in [1.807, 2.05) is 7.11 Å². The SMILES string of the molecule is COCC12CCC(C)CC1CCC1C3CCCC3(Cc3ccon3)CCC12. The fourth-order valence-corrected chi connectivity index (χ4v) is 8.61. The Balaban J connectivity index is 1.44. The molecular formula is C24H37NO2. The number of hydrogen-bond donors (Lipinski definition) is 0. The molecule has 1 aromatic heterocycles. The van der Waals surface area contributed by atoms with Crippen LogP contribution < -0.4 is 0 Å². The van der Waals surface area contributed by atoms with E-state index < -0.39 is 0 Å². The largest absolute Gasteiger partial charge is 0.384 e. The molecule has 0 aromatic carbocycles. The predicted octanol–water partition coefficient (Wildman–Crippen LogP) is 5.89. The molecule has 3 nitrogen and oxygen atoms in total. The van der Waals surface area contributed by atoms with Crippen molar-refractivity contribution in [1.29, 1.82) is 0 Å². The van der Waals surface area contributed by atoms with Gasteiger partial charge in [0.05, 0.1) is 12.3 Å². The number of methoxy groups -OCH3 is 1. The summed E-state index contributed by atoms with van der Waals surface area (Å²) in [6.07, 6.45) is 17.2. The van der Waals surface area contributed by atoms with Gasteiger partial charge in [0.15, 0.2) is 0 Å². The average molecular weight is 372 g/mol. The summed E-state index contributed by atoms with van der Waals surface area (Å²) in [6, 6.07) is 2.10. The van der Waals surface area contributed by atoms with Gasteiger partial charge >= 0.3 is 0 Å². The minimum atomic E-state index is 0.479. The van der Waals surface area contributed by atoms with Crippen molar-refractivity contribution < 1.29 is 9.26 Å². The molecule has 0 N–H and O–H groups in total. The fraction of sp³-hybridized carbons (Fsp3) is 0.875. The molecule has 27 heavy (non-hydrogen) atoms. The Morgan fingerprint density at radius 3 is 2.85 bits per heavy atom. The van der Waals surface area contributed by atoms with Crippen LogP contribution in [0.3, 0.4) is 0 Å². The number of aromatic nitrogens is 1. The highest BCUT2D eigenvalue weighted by molar-refractivity contribution is 5.12. The van der Waals surface area contributed by atoms with Crippen LogP contribution in [0.2, 0.25) is 0 Å². The zero-order valence-electron chi connectivity index (χ0n) is 17.3. The second kappa shape index (κ2) is 6.90. The van der Waals surface area contributed by atoms with Gasteiger partial charge in [0.1, 0.15) is 6.26 Å². The molecular weight excluding hydrogens is 334 g/mol. The smallest absolute Gasteiger partial charge is 0.124 e. The molecule has 4 fully saturated rings. The number of nitrogens with zero attached hydrogens (tertiary/aromatic N) is 1. The van der Waals surface area contributed by atoms with E-state index in [1.54, 1.807) is 6.26 Å². The number of fused-ring (bicyclic) bond motifs is 5. The topological polar surface area (TPSA) is 35.3 Å². The van der Waals surface area contributed by atoms with Crippen molar-refractivity contribution in [2.24, 2.45) is 40.4 Å². The Kier molecular flexibility index (Phi) is 4.65. The van der Waals surface area contributed by atoms with Crippen LogP contribution in [-0.4, -0.2) is 18.9 Å². The first kappa shape index (κ1) is 18.2. The predicted molar refractivity (Wildman–Crippen MR) is 106 cm³/mol. The van der Waals surface area contributed by atoms with Gasteiger partial charge in [0, 0.05) is 13.2 Å². The maximum absolute atomic E-state index is 5.93. The van der Waals surface area contributed by atoms with Crippen LogP contribution in [0.25, 0.3) is 0 Å². The Hall–Kier alpha value is -0.830. The summed E-state index contributed by atoms with van der Waals surface area (Å²) in [6.45, 7) is 3.48. The Labute approximate surface area is 164 Å². The molecule has 4 aliphatic carbocycles. The summed E-state index contributed by atoms with van der Waals surface area (Å²) >= 11 is 0. The summed E-state index contributed by atoms with van der Waals surface area (Å²) in [4.78, 5) is 0. The van der Waals surface area contributed by atoms with Crippen molar-refractivity contribution in [2.45, 2.75) is 77.6 Å². The van der Waals surface area contributed by atoms with Crippen LogP contribution in [0.5, 0.6) is 0 Å². The lowest BCUT2D eigenvalue weighted by molar-refractivity contribution is -0.148. The zero-order valence-corrected chi connectivity index (χ0v) is 17.3. The lowest BCUT2D eigenvalue weighted by Gasteiger charge is -2.62. The van der Waals surface area contributed by atoms with Crippen molar-refractivity contribution >= 4 is 0 Å².